The van der Waals surface area contributed by atoms with Gasteiger partial charge in [-0.2, -0.15) is 0 Å². The van der Waals surface area contributed by atoms with Crippen molar-refractivity contribution in [3.05, 3.63) is 54.1 Å². The van der Waals surface area contributed by atoms with Crippen LogP contribution in [0.5, 0.6) is 0 Å². The van der Waals surface area contributed by atoms with Crippen molar-refractivity contribution in [1.82, 2.24) is 14.5 Å². The molecule has 2 aromatic heterocycles. The fourth-order valence-electron chi connectivity index (χ4n) is 4.84. The lowest BCUT2D eigenvalue weighted by molar-refractivity contribution is 0.241. The van der Waals surface area contributed by atoms with Crippen molar-refractivity contribution in [2.75, 3.05) is 5.75 Å². The number of amidine groups is 1. The summed E-state index contributed by atoms with van der Waals surface area (Å²) < 4.78 is 2.56. The van der Waals surface area contributed by atoms with Gasteiger partial charge in [-0.1, -0.05) is 37.6 Å². The van der Waals surface area contributed by atoms with Crippen molar-refractivity contribution < 1.29 is 0 Å². The lowest BCUT2D eigenvalue weighted by Crippen LogP contribution is -2.36. The third-order valence-electron chi connectivity index (χ3n) is 6.16. The normalized spacial score (nSPS) is 28.6. The number of hydrogen-bond donors (Lipinski definition) is 0. The van der Waals surface area contributed by atoms with Gasteiger partial charge in [0.15, 0.2) is 5.17 Å². The predicted molar refractivity (Wildman–Crippen MR) is 107 cm³/mol. The minimum Gasteiger partial charge on any atom is -0.346 e. The average Bonchev–Trinajstić information content (AvgIpc) is 3.43. The first-order valence-corrected chi connectivity index (χ1v) is 10.9. The molecule has 3 atom stereocenters. The zero-order valence-corrected chi connectivity index (χ0v) is 16.1. The number of aliphatic imine (C=N–C) groups is 1. The predicted octanol–water partition coefficient (Wildman–Crippen LogP) is 4.98. The van der Waals surface area contributed by atoms with E-state index in [0.717, 1.165) is 11.4 Å². The molecule has 0 radical (unpaired) electrons. The highest BCUT2D eigenvalue weighted by atomic mass is 32.2. The Bertz CT molecular complexity index is 793. The fraction of sp³-hybridized carbons (Fsp3) is 0.524. The maximum Gasteiger partial charge on any atom is 0.160 e. The van der Waals surface area contributed by atoms with E-state index >= 15 is 0 Å². The fourth-order valence-corrected chi connectivity index (χ4v) is 6.18. The summed E-state index contributed by atoms with van der Waals surface area (Å²) in [5.41, 5.74) is 2.52. The second-order valence-electron chi connectivity index (χ2n) is 7.61. The third-order valence-corrected chi connectivity index (χ3v) is 7.29. The van der Waals surface area contributed by atoms with Gasteiger partial charge in [-0.3, -0.25) is 9.98 Å². The van der Waals surface area contributed by atoms with E-state index in [1.54, 1.807) is 0 Å². The van der Waals surface area contributed by atoms with Gasteiger partial charge in [0.2, 0.25) is 0 Å². The maximum atomic E-state index is 5.15. The van der Waals surface area contributed by atoms with Crippen molar-refractivity contribution in [2.45, 2.75) is 63.2 Å². The number of thioether (sulfide) groups is 1. The van der Waals surface area contributed by atoms with Crippen molar-refractivity contribution in [2.24, 2.45) is 4.99 Å². The number of rotatable bonds is 4. The number of aromatic nitrogens is 2. The van der Waals surface area contributed by atoms with Crippen LogP contribution in [0.4, 0.5) is 0 Å². The summed E-state index contributed by atoms with van der Waals surface area (Å²) in [7, 11) is 0. The first kappa shape index (κ1) is 16.4. The van der Waals surface area contributed by atoms with Crippen LogP contribution in [0.1, 0.15) is 68.5 Å². The van der Waals surface area contributed by atoms with Crippen molar-refractivity contribution >= 4 is 16.9 Å². The quantitative estimate of drug-likeness (QED) is 0.765. The van der Waals surface area contributed by atoms with Crippen molar-refractivity contribution in [3.8, 4) is 0 Å². The zero-order valence-electron chi connectivity index (χ0n) is 15.3. The lowest BCUT2D eigenvalue weighted by Gasteiger charge is -2.33. The Morgan fingerprint density at radius 2 is 2.04 bits per heavy atom. The molecule has 1 aliphatic carbocycles. The smallest absolute Gasteiger partial charge is 0.160 e. The Morgan fingerprint density at radius 3 is 2.81 bits per heavy atom. The molecule has 2 fully saturated rings. The van der Waals surface area contributed by atoms with Crippen LogP contribution in [-0.2, 0) is 0 Å². The van der Waals surface area contributed by atoms with Gasteiger partial charge in [0.1, 0.15) is 6.04 Å². The summed E-state index contributed by atoms with van der Waals surface area (Å²) in [6.45, 7) is 2.30. The third kappa shape index (κ3) is 2.59. The zero-order chi connectivity index (χ0) is 17.5. The molecule has 5 heteroatoms. The molecular formula is C21H26N4S. The minimum absolute atomic E-state index is 0.100. The summed E-state index contributed by atoms with van der Waals surface area (Å²) in [5, 5.41) is 1.22. The summed E-state index contributed by atoms with van der Waals surface area (Å²) >= 11 is 1.92. The SMILES string of the molecule is CC[C@H]1CSC2=N[C@@H](c3ccccn3)[C@@H](c3cccn3C3CCCC3)N21. The summed E-state index contributed by atoms with van der Waals surface area (Å²) in [6, 6.07) is 12.4. The first-order valence-electron chi connectivity index (χ1n) is 9.93. The van der Waals surface area contributed by atoms with Gasteiger partial charge in [0.05, 0.1) is 11.7 Å². The molecule has 0 bridgehead atoms. The van der Waals surface area contributed by atoms with Gasteiger partial charge in [0, 0.05) is 35.9 Å². The monoisotopic (exact) mass is 366 g/mol. The van der Waals surface area contributed by atoms with Crippen LogP contribution in [-0.4, -0.2) is 31.4 Å². The van der Waals surface area contributed by atoms with E-state index in [9.17, 15) is 0 Å². The second kappa shape index (κ2) is 6.76. The highest BCUT2D eigenvalue weighted by Gasteiger charge is 2.46. The maximum absolute atomic E-state index is 5.15. The number of nitrogens with zero attached hydrogens (tertiary/aromatic N) is 4. The van der Waals surface area contributed by atoms with Gasteiger partial charge >= 0.3 is 0 Å². The van der Waals surface area contributed by atoms with Crippen LogP contribution in [0.15, 0.2) is 47.7 Å². The molecule has 5 rings (SSSR count). The summed E-state index contributed by atoms with van der Waals surface area (Å²) in [6.07, 6.45) is 10.7. The molecule has 1 saturated carbocycles. The van der Waals surface area contributed by atoms with Crippen LogP contribution in [0.3, 0.4) is 0 Å². The molecule has 0 amide bonds. The Kier molecular flexibility index (Phi) is 4.27. The van der Waals surface area contributed by atoms with Crippen LogP contribution < -0.4 is 0 Å². The number of fused-ring (bicyclic) bond motifs is 1. The van der Waals surface area contributed by atoms with E-state index in [1.807, 2.05) is 24.0 Å². The summed E-state index contributed by atoms with van der Waals surface area (Å²) in [4.78, 5) is 12.4. The molecule has 4 heterocycles. The Balaban J connectivity index is 1.58. The van der Waals surface area contributed by atoms with Crippen LogP contribution in [0.2, 0.25) is 0 Å². The van der Waals surface area contributed by atoms with Gasteiger partial charge in [0.25, 0.3) is 0 Å². The second-order valence-corrected chi connectivity index (χ2v) is 8.60. The van der Waals surface area contributed by atoms with E-state index in [1.165, 1.54) is 43.0 Å². The molecular weight excluding hydrogens is 340 g/mol. The molecule has 3 aliphatic rings. The first-order chi connectivity index (χ1) is 12.9. The molecule has 4 nitrogen and oxygen atoms in total. The highest BCUT2D eigenvalue weighted by Crippen LogP contribution is 2.49. The molecule has 0 aromatic carbocycles. The van der Waals surface area contributed by atoms with Gasteiger partial charge in [-0.05, 0) is 43.5 Å². The van der Waals surface area contributed by atoms with Gasteiger partial charge < -0.3 is 9.47 Å². The molecule has 136 valence electrons. The molecule has 2 aromatic rings. The van der Waals surface area contributed by atoms with Crippen LogP contribution in [0.25, 0.3) is 0 Å². The van der Waals surface area contributed by atoms with E-state index in [0.29, 0.717) is 12.1 Å². The van der Waals surface area contributed by atoms with Gasteiger partial charge in [-0.25, -0.2) is 0 Å². The Hall–Kier alpha value is -1.75. The summed E-state index contributed by atoms with van der Waals surface area (Å²) in [5.74, 6) is 1.16. The van der Waals surface area contributed by atoms with Crippen LogP contribution in [0, 0.1) is 0 Å². The molecule has 2 aliphatic heterocycles. The average molecular weight is 367 g/mol. The number of pyridine rings is 1. The minimum atomic E-state index is 0.100. The van der Waals surface area contributed by atoms with Crippen molar-refractivity contribution in [1.29, 1.82) is 0 Å². The molecule has 0 unspecified atom stereocenters. The molecule has 0 N–H and O–H groups in total. The lowest BCUT2D eigenvalue weighted by atomic mass is 9.99. The Morgan fingerprint density at radius 1 is 1.15 bits per heavy atom. The molecule has 26 heavy (non-hydrogen) atoms. The highest BCUT2D eigenvalue weighted by molar-refractivity contribution is 8.14. The molecule has 1 saturated heterocycles. The molecule has 0 spiro atoms. The van der Waals surface area contributed by atoms with E-state index in [-0.39, 0.29) is 12.1 Å². The Labute approximate surface area is 159 Å². The standard InChI is InChI=1S/C21H26N4S/c1-2-15-14-26-21-23-19(17-10-5-6-12-22-17)20(25(15)21)18-11-7-13-24(18)16-8-3-4-9-16/h5-7,10-13,15-16,19-20H,2-4,8-9,14H2,1H3/t15-,19-,20+/m0/s1. The number of hydrogen-bond acceptors (Lipinski definition) is 4. The van der Waals surface area contributed by atoms with Crippen LogP contribution >= 0.6 is 11.8 Å². The van der Waals surface area contributed by atoms with E-state index in [2.05, 4.69) is 51.8 Å². The van der Waals surface area contributed by atoms with E-state index < -0.39 is 0 Å². The largest absolute Gasteiger partial charge is 0.346 e. The topological polar surface area (TPSA) is 33.4 Å². The van der Waals surface area contributed by atoms with E-state index in [4.69, 9.17) is 4.99 Å². The van der Waals surface area contributed by atoms with Gasteiger partial charge in [-0.15, -0.1) is 0 Å². The van der Waals surface area contributed by atoms with Crippen molar-refractivity contribution in [3.63, 3.8) is 0 Å².